The molecule has 1 saturated heterocycles. The van der Waals surface area contributed by atoms with E-state index in [-0.39, 0.29) is 16.6 Å². The normalized spacial score (nSPS) is 41.1. The quantitative estimate of drug-likeness (QED) is 0.622. The molecule has 0 aromatic heterocycles. The Labute approximate surface area is 74.0 Å². The van der Waals surface area contributed by atoms with Crippen LogP contribution in [0, 0.1) is 0 Å². The summed E-state index contributed by atoms with van der Waals surface area (Å²) in [4.78, 5) is 0. The van der Waals surface area contributed by atoms with Crippen molar-refractivity contribution in [3.05, 3.63) is 0 Å². The Hall–Kier alpha value is -0.0900. The van der Waals surface area contributed by atoms with E-state index >= 15 is 0 Å². The summed E-state index contributed by atoms with van der Waals surface area (Å²) in [5, 5.41) is -0.489. The Kier molecular flexibility index (Phi) is 2.78. The molecule has 2 atom stereocenters. The molecular weight excluding hydrogens is 176 g/mol. The Morgan fingerprint density at radius 2 is 1.58 bits per heavy atom. The number of sulfone groups is 1. The first-order chi connectivity index (χ1) is 5.48. The molecule has 0 amide bonds. The molecule has 4 heteroatoms. The van der Waals surface area contributed by atoms with Crippen molar-refractivity contribution in [2.75, 3.05) is 7.11 Å². The monoisotopic (exact) mass is 192 g/mol. The molecule has 0 radical (unpaired) electrons. The van der Waals surface area contributed by atoms with Gasteiger partial charge in [-0.05, 0) is 26.7 Å². The fraction of sp³-hybridized carbons (Fsp3) is 1.00. The first-order valence-electron chi connectivity index (χ1n) is 4.24. The van der Waals surface area contributed by atoms with Crippen molar-refractivity contribution in [1.82, 2.24) is 0 Å². The number of hydrogen-bond donors (Lipinski definition) is 0. The van der Waals surface area contributed by atoms with Crippen molar-refractivity contribution < 1.29 is 13.2 Å². The average Bonchev–Trinajstić information content (AvgIpc) is 2.00. The highest BCUT2D eigenvalue weighted by Gasteiger charge is 2.36. The van der Waals surface area contributed by atoms with Gasteiger partial charge in [0.15, 0.2) is 9.84 Å². The second kappa shape index (κ2) is 3.34. The summed E-state index contributed by atoms with van der Waals surface area (Å²) in [5.41, 5.74) is 0. The molecule has 3 nitrogen and oxygen atoms in total. The van der Waals surface area contributed by atoms with Crippen LogP contribution >= 0.6 is 0 Å². The van der Waals surface area contributed by atoms with Crippen LogP contribution in [0.1, 0.15) is 26.7 Å². The minimum absolute atomic E-state index is 0.124. The maximum atomic E-state index is 11.5. The Morgan fingerprint density at radius 3 is 1.92 bits per heavy atom. The lowest BCUT2D eigenvalue weighted by Crippen LogP contribution is -2.39. The van der Waals surface area contributed by atoms with Crippen LogP contribution in [0.3, 0.4) is 0 Å². The van der Waals surface area contributed by atoms with Gasteiger partial charge >= 0.3 is 0 Å². The van der Waals surface area contributed by atoms with Gasteiger partial charge in [-0.3, -0.25) is 0 Å². The number of ether oxygens (including phenoxy) is 1. The minimum Gasteiger partial charge on any atom is -0.381 e. The maximum absolute atomic E-state index is 11.5. The maximum Gasteiger partial charge on any atom is 0.155 e. The van der Waals surface area contributed by atoms with E-state index in [1.807, 2.05) is 0 Å². The highest BCUT2D eigenvalue weighted by atomic mass is 32.2. The molecule has 1 rings (SSSR count). The van der Waals surface area contributed by atoms with E-state index in [9.17, 15) is 8.42 Å². The van der Waals surface area contributed by atoms with Gasteiger partial charge in [-0.15, -0.1) is 0 Å². The summed E-state index contributed by atoms with van der Waals surface area (Å²) < 4.78 is 28.2. The van der Waals surface area contributed by atoms with Crippen LogP contribution in [-0.4, -0.2) is 32.1 Å². The zero-order chi connectivity index (χ0) is 9.35. The summed E-state index contributed by atoms with van der Waals surface area (Å²) in [6, 6.07) is 0. The lowest BCUT2D eigenvalue weighted by molar-refractivity contribution is 0.0832. The fourth-order valence-corrected chi connectivity index (χ4v) is 3.45. The Bertz CT molecular complexity index is 227. The molecule has 0 saturated carbocycles. The number of rotatable bonds is 1. The molecule has 0 bridgehead atoms. The summed E-state index contributed by atoms with van der Waals surface area (Å²) in [6.45, 7) is 3.52. The second-order valence-corrected chi connectivity index (χ2v) is 6.33. The van der Waals surface area contributed by atoms with E-state index < -0.39 is 9.84 Å². The summed E-state index contributed by atoms with van der Waals surface area (Å²) in [7, 11) is -1.22. The van der Waals surface area contributed by atoms with Crippen molar-refractivity contribution in [3.63, 3.8) is 0 Å². The SMILES string of the molecule is COC1CC(C)S(=O)(=O)C(C)C1. The first-order valence-corrected chi connectivity index (χ1v) is 5.85. The smallest absolute Gasteiger partial charge is 0.155 e. The fourth-order valence-electron chi connectivity index (χ4n) is 1.69. The Morgan fingerprint density at radius 1 is 1.17 bits per heavy atom. The van der Waals surface area contributed by atoms with E-state index in [2.05, 4.69) is 0 Å². The highest BCUT2D eigenvalue weighted by Crippen LogP contribution is 2.26. The standard InChI is InChI=1S/C8H16O3S/c1-6-4-8(11-3)5-7(2)12(6,9)10/h6-8H,4-5H2,1-3H3. The molecule has 1 fully saturated rings. The van der Waals surface area contributed by atoms with Crippen molar-refractivity contribution in [2.24, 2.45) is 0 Å². The molecule has 0 aliphatic carbocycles. The predicted molar refractivity (Wildman–Crippen MR) is 47.9 cm³/mol. The lowest BCUT2D eigenvalue weighted by atomic mass is 10.1. The van der Waals surface area contributed by atoms with Gasteiger partial charge in [-0.2, -0.15) is 0 Å². The molecule has 1 aliphatic rings. The van der Waals surface area contributed by atoms with Crippen molar-refractivity contribution >= 4 is 9.84 Å². The van der Waals surface area contributed by atoms with E-state index in [0.29, 0.717) is 12.8 Å². The largest absolute Gasteiger partial charge is 0.381 e. The Balaban J connectivity index is 2.78. The second-order valence-electron chi connectivity index (χ2n) is 3.54. The predicted octanol–water partition coefficient (Wildman–Crippen LogP) is 0.987. The third-order valence-corrected chi connectivity index (χ3v) is 5.27. The molecule has 1 heterocycles. The molecule has 2 unspecified atom stereocenters. The molecule has 0 aromatic rings. The van der Waals surface area contributed by atoms with E-state index in [0.717, 1.165) is 0 Å². The van der Waals surface area contributed by atoms with Crippen LogP contribution in [0.4, 0.5) is 0 Å². The number of hydrogen-bond acceptors (Lipinski definition) is 3. The van der Waals surface area contributed by atoms with E-state index in [4.69, 9.17) is 4.74 Å². The highest BCUT2D eigenvalue weighted by molar-refractivity contribution is 7.92. The van der Waals surface area contributed by atoms with Gasteiger partial charge in [0.05, 0.1) is 16.6 Å². The molecule has 12 heavy (non-hydrogen) atoms. The van der Waals surface area contributed by atoms with Gasteiger partial charge in [0.2, 0.25) is 0 Å². The van der Waals surface area contributed by atoms with Gasteiger partial charge in [0, 0.05) is 7.11 Å². The lowest BCUT2D eigenvalue weighted by Gasteiger charge is -2.30. The average molecular weight is 192 g/mol. The zero-order valence-corrected chi connectivity index (χ0v) is 8.60. The summed E-state index contributed by atoms with van der Waals surface area (Å²) >= 11 is 0. The molecule has 0 N–H and O–H groups in total. The van der Waals surface area contributed by atoms with Crippen molar-refractivity contribution in [1.29, 1.82) is 0 Å². The minimum atomic E-state index is -2.86. The van der Waals surface area contributed by atoms with E-state index in [1.165, 1.54) is 0 Å². The third-order valence-electron chi connectivity index (χ3n) is 2.64. The van der Waals surface area contributed by atoms with Crippen LogP contribution in [0.2, 0.25) is 0 Å². The number of methoxy groups -OCH3 is 1. The molecule has 0 aromatic carbocycles. The van der Waals surface area contributed by atoms with Gasteiger partial charge in [0.1, 0.15) is 0 Å². The van der Waals surface area contributed by atoms with Gasteiger partial charge < -0.3 is 4.74 Å². The van der Waals surface area contributed by atoms with Crippen molar-refractivity contribution in [2.45, 2.75) is 43.3 Å². The van der Waals surface area contributed by atoms with Gasteiger partial charge in [-0.25, -0.2) is 8.42 Å². The topological polar surface area (TPSA) is 43.4 Å². The van der Waals surface area contributed by atoms with Crippen LogP contribution in [-0.2, 0) is 14.6 Å². The molecular formula is C8H16O3S. The first kappa shape index (κ1) is 9.99. The van der Waals surface area contributed by atoms with Crippen LogP contribution in [0.15, 0.2) is 0 Å². The van der Waals surface area contributed by atoms with E-state index in [1.54, 1.807) is 21.0 Å². The molecule has 72 valence electrons. The molecule has 0 spiro atoms. The van der Waals surface area contributed by atoms with Gasteiger partial charge in [0.25, 0.3) is 0 Å². The zero-order valence-electron chi connectivity index (χ0n) is 7.78. The van der Waals surface area contributed by atoms with Crippen LogP contribution in [0.25, 0.3) is 0 Å². The van der Waals surface area contributed by atoms with Crippen LogP contribution < -0.4 is 0 Å². The van der Waals surface area contributed by atoms with Crippen LogP contribution in [0.5, 0.6) is 0 Å². The molecule has 1 aliphatic heterocycles. The van der Waals surface area contributed by atoms with Gasteiger partial charge in [-0.1, -0.05) is 0 Å². The summed E-state index contributed by atoms with van der Waals surface area (Å²) in [6.07, 6.45) is 1.41. The van der Waals surface area contributed by atoms with Crippen molar-refractivity contribution in [3.8, 4) is 0 Å². The summed E-state index contributed by atoms with van der Waals surface area (Å²) in [5.74, 6) is 0. The third kappa shape index (κ3) is 1.64.